The minimum atomic E-state index is 0.306. The average molecular weight is 196 g/mol. The van der Waals surface area contributed by atoms with Crippen LogP contribution in [0, 0.1) is 11.8 Å². The third kappa shape index (κ3) is 3.52. The topological polar surface area (TPSA) is 26.3 Å². The van der Waals surface area contributed by atoms with Crippen molar-refractivity contribution in [3.05, 3.63) is 11.8 Å². The zero-order chi connectivity index (χ0) is 10.6. The fraction of sp³-hybridized carbons (Fsp3) is 0.750. The minimum Gasteiger partial charge on any atom is -0.501 e. The van der Waals surface area contributed by atoms with Crippen molar-refractivity contribution in [1.82, 2.24) is 0 Å². The van der Waals surface area contributed by atoms with Crippen LogP contribution in [0.5, 0.6) is 0 Å². The van der Waals surface area contributed by atoms with E-state index in [4.69, 9.17) is 4.74 Å². The maximum atomic E-state index is 11.8. The summed E-state index contributed by atoms with van der Waals surface area (Å²) in [6.07, 6.45) is 4.65. The summed E-state index contributed by atoms with van der Waals surface area (Å²) in [5.41, 5.74) is 0.879. The third-order valence-electron chi connectivity index (χ3n) is 2.29. The summed E-state index contributed by atoms with van der Waals surface area (Å²) in [4.78, 5) is 11.8. The Morgan fingerprint density at radius 2 is 2.14 bits per heavy atom. The first-order valence-corrected chi connectivity index (χ1v) is 5.50. The minimum absolute atomic E-state index is 0.306. The van der Waals surface area contributed by atoms with Crippen molar-refractivity contribution >= 4 is 5.78 Å². The van der Waals surface area contributed by atoms with Gasteiger partial charge in [0.15, 0.2) is 5.78 Å². The van der Waals surface area contributed by atoms with Gasteiger partial charge in [-0.2, -0.15) is 0 Å². The third-order valence-corrected chi connectivity index (χ3v) is 2.29. The van der Waals surface area contributed by atoms with Gasteiger partial charge >= 0.3 is 0 Å². The van der Waals surface area contributed by atoms with Crippen LogP contribution < -0.4 is 0 Å². The molecular weight excluding hydrogens is 176 g/mol. The van der Waals surface area contributed by atoms with Gasteiger partial charge in [-0.25, -0.2) is 0 Å². The molecule has 1 rings (SSSR count). The van der Waals surface area contributed by atoms with E-state index in [0.717, 1.165) is 24.8 Å². The number of ether oxygens (including phenoxy) is 1. The molecule has 0 aromatic heterocycles. The van der Waals surface area contributed by atoms with Crippen molar-refractivity contribution in [3.63, 3.8) is 0 Å². The second kappa shape index (κ2) is 5.18. The van der Waals surface area contributed by atoms with Gasteiger partial charge in [0.1, 0.15) is 0 Å². The molecule has 1 saturated carbocycles. The first-order valence-electron chi connectivity index (χ1n) is 5.50. The van der Waals surface area contributed by atoms with Crippen molar-refractivity contribution in [2.24, 2.45) is 11.8 Å². The molecule has 0 saturated heterocycles. The maximum Gasteiger partial charge on any atom is 0.164 e. The van der Waals surface area contributed by atoms with Crippen LogP contribution in [0.15, 0.2) is 11.8 Å². The van der Waals surface area contributed by atoms with Crippen LogP contribution in [-0.2, 0) is 9.53 Å². The number of rotatable bonds is 6. The smallest absolute Gasteiger partial charge is 0.164 e. The van der Waals surface area contributed by atoms with Crippen molar-refractivity contribution in [2.45, 2.75) is 40.0 Å². The molecule has 0 bridgehead atoms. The molecule has 0 aromatic rings. The van der Waals surface area contributed by atoms with Gasteiger partial charge in [-0.05, 0) is 32.1 Å². The molecular formula is C12H20O2. The molecule has 2 heteroatoms. The van der Waals surface area contributed by atoms with E-state index in [9.17, 15) is 4.79 Å². The molecule has 0 aliphatic heterocycles. The first-order chi connectivity index (χ1) is 6.65. The van der Waals surface area contributed by atoms with Crippen molar-refractivity contribution in [3.8, 4) is 0 Å². The lowest BCUT2D eigenvalue weighted by molar-refractivity contribution is -0.117. The highest BCUT2D eigenvalue weighted by molar-refractivity contribution is 5.98. The Labute approximate surface area is 86.3 Å². The zero-order valence-electron chi connectivity index (χ0n) is 9.38. The molecule has 0 atom stereocenters. The van der Waals surface area contributed by atoms with Gasteiger partial charge < -0.3 is 4.74 Å². The molecule has 1 aliphatic carbocycles. The molecule has 0 spiro atoms. The lowest BCUT2D eigenvalue weighted by Gasteiger charge is -2.08. The van der Waals surface area contributed by atoms with Gasteiger partial charge in [-0.3, -0.25) is 4.79 Å². The lowest BCUT2D eigenvalue weighted by atomic mass is 9.98. The van der Waals surface area contributed by atoms with Crippen molar-refractivity contribution in [1.29, 1.82) is 0 Å². The molecule has 14 heavy (non-hydrogen) atoms. The van der Waals surface area contributed by atoms with Crippen LogP contribution in [0.2, 0.25) is 0 Å². The summed E-state index contributed by atoms with van der Waals surface area (Å²) < 4.78 is 5.21. The van der Waals surface area contributed by atoms with Gasteiger partial charge in [-0.15, -0.1) is 0 Å². The largest absolute Gasteiger partial charge is 0.501 e. The molecule has 1 fully saturated rings. The van der Waals surface area contributed by atoms with Crippen LogP contribution in [0.3, 0.4) is 0 Å². The van der Waals surface area contributed by atoms with Crippen molar-refractivity contribution in [2.75, 3.05) is 6.61 Å². The number of hydrogen-bond donors (Lipinski definition) is 0. The summed E-state index contributed by atoms with van der Waals surface area (Å²) in [5, 5.41) is 0. The monoisotopic (exact) mass is 196 g/mol. The number of carbonyl (C=O) groups is 1. The standard InChI is InChI=1S/C12H20O2/c1-4-14-8-11(7-9(2)3)12(13)10-5-6-10/h8-10H,4-7H2,1-3H3/b11-8-. The predicted molar refractivity (Wildman–Crippen MR) is 56.9 cm³/mol. The van der Waals surface area contributed by atoms with Gasteiger partial charge in [0.25, 0.3) is 0 Å². The number of hydrogen-bond acceptors (Lipinski definition) is 2. The van der Waals surface area contributed by atoms with E-state index in [1.807, 2.05) is 6.92 Å². The van der Waals surface area contributed by atoms with E-state index in [1.165, 1.54) is 0 Å². The maximum absolute atomic E-state index is 11.8. The van der Waals surface area contributed by atoms with Crippen LogP contribution in [-0.4, -0.2) is 12.4 Å². The molecule has 1 aliphatic rings. The Morgan fingerprint density at radius 3 is 2.57 bits per heavy atom. The van der Waals surface area contributed by atoms with E-state index in [1.54, 1.807) is 6.26 Å². The van der Waals surface area contributed by atoms with Crippen LogP contribution in [0.25, 0.3) is 0 Å². The van der Waals surface area contributed by atoms with Gasteiger partial charge in [-0.1, -0.05) is 13.8 Å². The van der Waals surface area contributed by atoms with E-state index in [2.05, 4.69) is 13.8 Å². The van der Waals surface area contributed by atoms with E-state index in [0.29, 0.717) is 24.2 Å². The number of allylic oxidation sites excluding steroid dienone is 1. The number of ketones is 1. The average Bonchev–Trinajstić information content (AvgIpc) is 2.93. The first kappa shape index (κ1) is 11.3. The molecule has 0 radical (unpaired) electrons. The van der Waals surface area contributed by atoms with Gasteiger partial charge in [0, 0.05) is 11.5 Å². The summed E-state index contributed by atoms with van der Waals surface area (Å²) >= 11 is 0. The summed E-state index contributed by atoms with van der Waals surface area (Å²) in [6.45, 7) is 6.82. The summed E-state index contributed by atoms with van der Waals surface area (Å²) in [6, 6.07) is 0. The SMILES string of the molecule is CCO/C=C(/CC(C)C)C(=O)C1CC1. The molecule has 0 amide bonds. The fourth-order valence-corrected chi connectivity index (χ4v) is 1.44. The Morgan fingerprint density at radius 1 is 1.50 bits per heavy atom. The zero-order valence-corrected chi connectivity index (χ0v) is 9.38. The molecule has 0 N–H and O–H groups in total. The van der Waals surface area contributed by atoms with Gasteiger partial charge in [0.05, 0.1) is 12.9 Å². The fourth-order valence-electron chi connectivity index (χ4n) is 1.44. The Balaban J connectivity index is 2.54. The second-order valence-electron chi connectivity index (χ2n) is 4.33. The van der Waals surface area contributed by atoms with Gasteiger partial charge in [0.2, 0.25) is 0 Å². The number of Topliss-reactive ketones (excluding diaryl/α,β-unsaturated/α-hetero) is 1. The Hall–Kier alpha value is -0.790. The number of carbonyl (C=O) groups excluding carboxylic acids is 1. The predicted octanol–water partition coefficient (Wildman–Crippen LogP) is 2.93. The Kier molecular flexibility index (Phi) is 4.18. The molecule has 0 aromatic carbocycles. The van der Waals surface area contributed by atoms with Crippen LogP contribution >= 0.6 is 0 Å². The van der Waals surface area contributed by atoms with E-state index >= 15 is 0 Å². The normalized spacial score (nSPS) is 17.3. The van der Waals surface area contributed by atoms with E-state index < -0.39 is 0 Å². The quantitative estimate of drug-likeness (QED) is 0.482. The Bertz CT molecular complexity index is 224. The molecule has 2 nitrogen and oxygen atoms in total. The van der Waals surface area contributed by atoms with Crippen molar-refractivity contribution < 1.29 is 9.53 Å². The van der Waals surface area contributed by atoms with Crippen LogP contribution in [0.1, 0.15) is 40.0 Å². The lowest BCUT2D eigenvalue weighted by Crippen LogP contribution is -2.08. The highest BCUT2D eigenvalue weighted by Crippen LogP contribution is 2.33. The molecule has 80 valence electrons. The molecule has 0 heterocycles. The molecule has 0 unspecified atom stereocenters. The summed E-state index contributed by atoms with van der Waals surface area (Å²) in [7, 11) is 0. The van der Waals surface area contributed by atoms with E-state index in [-0.39, 0.29) is 0 Å². The summed E-state index contributed by atoms with van der Waals surface area (Å²) in [5.74, 6) is 1.14. The van der Waals surface area contributed by atoms with Crippen LogP contribution in [0.4, 0.5) is 0 Å². The second-order valence-corrected chi connectivity index (χ2v) is 4.33. The highest BCUT2D eigenvalue weighted by Gasteiger charge is 2.31. The highest BCUT2D eigenvalue weighted by atomic mass is 16.5.